The molecule has 35 heavy (non-hydrogen) atoms. The van der Waals surface area contributed by atoms with Gasteiger partial charge in [-0.15, -0.1) is 0 Å². The first-order valence-electron chi connectivity index (χ1n) is 11.4. The van der Waals surface area contributed by atoms with E-state index in [4.69, 9.17) is 9.97 Å². The molecule has 2 unspecified atom stereocenters. The largest absolute Gasteiger partial charge is 1.00 e. The Morgan fingerprint density at radius 2 is 1.00 bits per heavy atom. The van der Waals surface area contributed by atoms with Crippen LogP contribution in [0.25, 0.3) is 23.3 Å². The Kier molecular flexibility index (Phi) is 7.91. The molecule has 2 heterocycles. The molecule has 2 aromatic heterocycles. The third kappa shape index (κ3) is 4.87. The Morgan fingerprint density at radius 3 is 1.40 bits per heavy atom. The van der Waals surface area contributed by atoms with Crippen molar-refractivity contribution in [3.05, 3.63) is 130 Å². The number of allylic oxidation sites excluding steroid dienone is 2. The predicted octanol–water partition coefficient (Wildman–Crippen LogP) is 1.07. The summed E-state index contributed by atoms with van der Waals surface area (Å²) >= 11 is -1.05. The normalized spacial score (nSPS) is 17.2. The van der Waals surface area contributed by atoms with Gasteiger partial charge in [0.05, 0.1) is 0 Å². The van der Waals surface area contributed by atoms with Crippen molar-refractivity contribution >= 4 is 23.3 Å². The summed E-state index contributed by atoms with van der Waals surface area (Å²) in [4.78, 5) is 9.66. The van der Waals surface area contributed by atoms with Crippen molar-refractivity contribution in [2.45, 2.75) is 21.1 Å². The van der Waals surface area contributed by atoms with Crippen LogP contribution in [0.15, 0.2) is 85.2 Å². The molecule has 2 aliphatic rings. The molecule has 0 radical (unpaired) electrons. The van der Waals surface area contributed by atoms with Gasteiger partial charge in [0, 0.05) is 0 Å². The van der Waals surface area contributed by atoms with Crippen LogP contribution in [0, 0.1) is 13.8 Å². The maximum atomic E-state index is 4.83. The number of fused-ring (bicyclic) bond motifs is 2. The summed E-state index contributed by atoms with van der Waals surface area (Å²) < 4.78 is 0.926. The first-order chi connectivity index (χ1) is 16.2. The molecule has 4 aromatic rings. The number of hydrogen-bond donors (Lipinski definition) is 0. The molecular formula is C30H24Cl2N2Zr. The Hall–Kier alpha value is -2.32. The molecule has 0 saturated carbocycles. The zero-order valence-electron chi connectivity index (χ0n) is 19.5. The first kappa shape index (κ1) is 25.8. The number of aromatic nitrogens is 2. The Balaban J connectivity index is 0.00000144. The molecule has 5 heteroatoms. The average molecular weight is 575 g/mol. The van der Waals surface area contributed by atoms with Crippen LogP contribution >= 0.6 is 0 Å². The van der Waals surface area contributed by atoms with Crippen LogP contribution in [-0.2, 0) is 23.2 Å². The van der Waals surface area contributed by atoms with E-state index in [9.17, 15) is 0 Å². The molecule has 2 aliphatic carbocycles. The second-order valence-electron chi connectivity index (χ2n) is 8.93. The molecule has 0 saturated heterocycles. The minimum Gasteiger partial charge on any atom is -1.00 e. The SMILES string of the molecule is Cc1ccc(C2=Cc3ccccc3[CH]2[Zr+2][CH]2C(c3ccc(C)cn3)=Cc3ccccc32)nc1.[Cl-].[Cl-]. The standard InChI is InChI=1S/2C15H12N.2ClH.Zr/c2*1-11-6-7-15(16-10-11)14-8-12-4-2-3-5-13(12)9-14;;;/h2*2-10H,1H3;2*1H;/q;;;;+2/p-2. The van der Waals surface area contributed by atoms with Crippen molar-refractivity contribution < 1.29 is 48.0 Å². The number of pyridine rings is 2. The van der Waals surface area contributed by atoms with Crippen LogP contribution in [0.3, 0.4) is 0 Å². The molecule has 2 nitrogen and oxygen atoms in total. The summed E-state index contributed by atoms with van der Waals surface area (Å²) in [5.74, 6) is 0. The fourth-order valence-electron chi connectivity index (χ4n) is 4.89. The second-order valence-corrected chi connectivity index (χ2v) is 12.6. The van der Waals surface area contributed by atoms with Crippen LogP contribution in [0.1, 0.15) is 52.0 Å². The van der Waals surface area contributed by atoms with Crippen molar-refractivity contribution in [3.8, 4) is 0 Å². The average Bonchev–Trinajstić information content (AvgIpc) is 3.39. The smallest absolute Gasteiger partial charge is 1.00 e. The van der Waals surface area contributed by atoms with E-state index in [1.165, 1.54) is 44.5 Å². The van der Waals surface area contributed by atoms with Crippen LogP contribution in [0.4, 0.5) is 0 Å². The first-order valence-corrected chi connectivity index (χ1v) is 14.2. The molecule has 2 aromatic carbocycles. The van der Waals surface area contributed by atoms with Crippen molar-refractivity contribution in [2.24, 2.45) is 0 Å². The molecule has 2 atom stereocenters. The summed E-state index contributed by atoms with van der Waals surface area (Å²) in [5.41, 5.74) is 13.1. The van der Waals surface area contributed by atoms with Gasteiger partial charge in [0.1, 0.15) is 0 Å². The van der Waals surface area contributed by atoms with Gasteiger partial charge in [-0.1, -0.05) is 0 Å². The zero-order chi connectivity index (χ0) is 22.4. The van der Waals surface area contributed by atoms with Gasteiger partial charge in [-0.05, 0) is 0 Å². The van der Waals surface area contributed by atoms with Gasteiger partial charge in [0.15, 0.2) is 0 Å². The third-order valence-electron chi connectivity index (χ3n) is 6.61. The number of rotatable bonds is 4. The Labute approximate surface area is 231 Å². The van der Waals surface area contributed by atoms with Gasteiger partial charge in [-0.25, -0.2) is 0 Å². The van der Waals surface area contributed by atoms with E-state index in [1.54, 1.807) is 0 Å². The Bertz CT molecular complexity index is 1300. The van der Waals surface area contributed by atoms with Crippen molar-refractivity contribution in [1.82, 2.24) is 9.97 Å². The zero-order valence-corrected chi connectivity index (χ0v) is 23.5. The van der Waals surface area contributed by atoms with Gasteiger partial charge in [0.25, 0.3) is 0 Å². The van der Waals surface area contributed by atoms with E-state index in [0.717, 1.165) is 11.4 Å². The van der Waals surface area contributed by atoms with Gasteiger partial charge in [-0.3, -0.25) is 0 Å². The number of aryl methyl sites for hydroxylation is 2. The van der Waals surface area contributed by atoms with E-state index in [2.05, 4.69) is 98.8 Å². The van der Waals surface area contributed by atoms with Crippen molar-refractivity contribution in [2.75, 3.05) is 0 Å². The molecule has 0 bridgehead atoms. The Morgan fingerprint density at radius 1 is 0.571 bits per heavy atom. The number of nitrogens with zero attached hydrogens (tertiary/aromatic N) is 2. The summed E-state index contributed by atoms with van der Waals surface area (Å²) in [6.45, 7) is 4.20. The van der Waals surface area contributed by atoms with Crippen molar-refractivity contribution in [1.29, 1.82) is 0 Å². The molecule has 172 valence electrons. The molecule has 0 amide bonds. The second kappa shape index (κ2) is 10.7. The van der Waals surface area contributed by atoms with E-state index >= 15 is 0 Å². The monoisotopic (exact) mass is 572 g/mol. The van der Waals surface area contributed by atoms with E-state index in [-0.39, 0.29) is 24.8 Å². The van der Waals surface area contributed by atoms with Gasteiger partial charge < -0.3 is 24.8 Å². The van der Waals surface area contributed by atoms with E-state index in [0.29, 0.717) is 7.25 Å². The van der Waals surface area contributed by atoms with Gasteiger partial charge in [-0.2, -0.15) is 0 Å². The van der Waals surface area contributed by atoms with E-state index in [1.807, 2.05) is 12.4 Å². The molecule has 0 N–H and O–H groups in total. The minimum atomic E-state index is -1.05. The number of benzene rings is 2. The van der Waals surface area contributed by atoms with Crippen LogP contribution in [-0.4, -0.2) is 9.97 Å². The van der Waals surface area contributed by atoms with Crippen LogP contribution in [0.2, 0.25) is 0 Å². The maximum absolute atomic E-state index is 4.83. The minimum absolute atomic E-state index is 0. The van der Waals surface area contributed by atoms with Crippen LogP contribution < -0.4 is 24.8 Å². The maximum Gasteiger partial charge on any atom is -1.00 e. The molecule has 0 spiro atoms. The number of hydrogen-bond acceptors (Lipinski definition) is 2. The fraction of sp³-hybridized carbons (Fsp3) is 0.133. The molecule has 0 fully saturated rings. The summed E-state index contributed by atoms with van der Waals surface area (Å²) in [5, 5.41) is 0. The van der Waals surface area contributed by atoms with Gasteiger partial charge >= 0.3 is 208 Å². The van der Waals surface area contributed by atoms with E-state index < -0.39 is 23.2 Å². The quantitative estimate of drug-likeness (QED) is 0.365. The third-order valence-corrected chi connectivity index (χ3v) is 11.3. The molecule has 6 rings (SSSR count). The summed E-state index contributed by atoms with van der Waals surface area (Å²) in [7, 11) is 0. The summed E-state index contributed by atoms with van der Waals surface area (Å²) in [6, 6.07) is 26.6. The number of halogens is 2. The molecular weight excluding hydrogens is 550 g/mol. The summed E-state index contributed by atoms with van der Waals surface area (Å²) in [6.07, 6.45) is 8.75. The fourth-order valence-corrected chi connectivity index (χ4v) is 9.91. The van der Waals surface area contributed by atoms with Crippen molar-refractivity contribution in [3.63, 3.8) is 0 Å². The molecule has 0 aliphatic heterocycles. The van der Waals surface area contributed by atoms with Gasteiger partial charge in [0.2, 0.25) is 0 Å². The van der Waals surface area contributed by atoms with Crippen LogP contribution in [0.5, 0.6) is 0 Å². The topological polar surface area (TPSA) is 25.8 Å². The predicted molar refractivity (Wildman–Crippen MR) is 132 cm³/mol.